The standard InChI is InChI=1S/C16H16O6/c1-22-14-8-9(5-6-13(14)18)7-11-10(15(19)16(20)21)3-2-4-12(11)17/h2-6,8,15,17-19H,7H2,1H3,(H,20,21). The number of carboxylic acids is 1. The Kier molecular flexibility index (Phi) is 4.53. The summed E-state index contributed by atoms with van der Waals surface area (Å²) in [6, 6.07) is 9.00. The van der Waals surface area contributed by atoms with Crippen LogP contribution in [0.25, 0.3) is 0 Å². The molecule has 0 aliphatic rings. The number of aliphatic hydroxyl groups excluding tert-OH is 1. The van der Waals surface area contributed by atoms with Crippen molar-refractivity contribution in [3.05, 3.63) is 53.1 Å². The molecule has 0 aromatic heterocycles. The number of rotatable bonds is 5. The maximum absolute atomic E-state index is 11.0. The van der Waals surface area contributed by atoms with E-state index in [0.717, 1.165) is 0 Å². The number of hydrogen-bond donors (Lipinski definition) is 4. The SMILES string of the molecule is COc1cc(Cc2c(O)cccc2C(O)C(=O)O)ccc1O. The molecule has 0 saturated carbocycles. The smallest absolute Gasteiger partial charge is 0.337 e. The van der Waals surface area contributed by atoms with Crippen LogP contribution in [0.2, 0.25) is 0 Å². The molecule has 2 aromatic rings. The molecule has 1 unspecified atom stereocenters. The lowest BCUT2D eigenvalue weighted by Gasteiger charge is -2.14. The van der Waals surface area contributed by atoms with Gasteiger partial charge >= 0.3 is 5.97 Å². The maximum atomic E-state index is 11.0. The van der Waals surface area contributed by atoms with Gasteiger partial charge in [-0.2, -0.15) is 0 Å². The molecular formula is C16H16O6. The zero-order valence-corrected chi connectivity index (χ0v) is 11.9. The van der Waals surface area contributed by atoms with Gasteiger partial charge in [-0.3, -0.25) is 0 Å². The Bertz CT molecular complexity index is 695. The average Bonchev–Trinajstić information content (AvgIpc) is 2.50. The summed E-state index contributed by atoms with van der Waals surface area (Å²) in [5, 5.41) is 38.3. The first-order valence-electron chi connectivity index (χ1n) is 6.51. The van der Waals surface area contributed by atoms with E-state index in [2.05, 4.69) is 0 Å². The molecule has 22 heavy (non-hydrogen) atoms. The first-order chi connectivity index (χ1) is 10.4. The van der Waals surface area contributed by atoms with Gasteiger partial charge in [-0.15, -0.1) is 0 Å². The van der Waals surface area contributed by atoms with Crippen LogP contribution in [-0.4, -0.2) is 33.5 Å². The normalized spacial score (nSPS) is 11.9. The highest BCUT2D eigenvalue weighted by molar-refractivity contribution is 5.75. The van der Waals surface area contributed by atoms with Crippen LogP contribution >= 0.6 is 0 Å². The fraction of sp³-hybridized carbons (Fsp3) is 0.188. The molecule has 116 valence electrons. The van der Waals surface area contributed by atoms with Gasteiger partial charge in [0.25, 0.3) is 0 Å². The molecule has 4 N–H and O–H groups in total. The molecule has 6 nitrogen and oxygen atoms in total. The van der Waals surface area contributed by atoms with Gasteiger partial charge in [-0.05, 0) is 29.3 Å². The molecule has 2 rings (SSSR count). The number of hydrogen-bond acceptors (Lipinski definition) is 5. The molecule has 0 bridgehead atoms. The topological polar surface area (TPSA) is 107 Å². The highest BCUT2D eigenvalue weighted by Gasteiger charge is 2.21. The van der Waals surface area contributed by atoms with Crippen LogP contribution in [0.15, 0.2) is 36.4 Å². The van der Waals surface area contributed by atoms with Gasteiger partial charge in [-0.1, -0.05) is 18.2 Å². The van der Waals surface area contributed by atoms with Crippen molar-refractivity contribution >= 4 is 5.97 Å². The van der Waals surface area contributed by atoms with Crippen LogP contribution in [0.1, 0.15) is 22.8 Å². The fourth-order valence-corrected chi connectivity index (χ4v) is 2.21. The molecule has 0 fully saturated rings. The number of aliphatic hydroxyl groups is 1. The third-order valence-corrected chi connectivity index (χ3v) is 3.34. The predicted octanol–water partition coefficient (Wildman–Crippen LogP) is 1.82. The number of aliphatic carboxylic acids is 1. The van der Waals surface area contributed by atoms with E-state index < -0.39 is 12.1 Å². The van der Waals surface area contributed by atoms with Crippen molar-refractivity contribution in [1.82, 2.24) is 0 Å². The van der Waals surface area contributed by atoms with E-state index in [-0.39, 0.29) is 29.2 Å². The summed E-state index contributed by atoms with van der Waals surface area (Å²) in [7, 11) is 1.42. The van der Waals surface area contributed by atoms with E-state index in [1.54, 1.807) is 12.1 Å². The lowest BCUT2D eigenvalue weighted by atomic mass is 9.95. The number of aromatic hydroxyl groups is 2. The first-order valence-corrected chi connectivity index (χ1v) is 6.51. The van der Waals surface area contributed by atoms with Crippen molar-refractivity contribution in [3.63, 3.8) is 0 Å². The van der Waals surface area contributed by atoms with E-state index in [9.17, 15) is 20.1 Å². The van der Waals surface area contributed by atoms with Gasteiger partial charge in [0.1, 0.15) is 5.75 Å². The number of benzene rings is 2. The van der Waals surface area contributed by atoms with Crippen molar-refractivity contribution in [2.45, 2.75) is 12.5 Å². The summed E-state index contributed by atoms with van der Waals surface area (Å²) < 4.78 is 5.01. The van der Waals surface area contributed by atoms with E-state index in [0.29, 0.717) is 11.1 Å². The lowest BCUT2D eigenvalue weighted by Crippen LogP contribution is -2.13. The third-order valence-electron chi connectivity index (χ3n) is 3.34. The number of carboxylic acid groups (broad SMARTS) is 1. The van der Waals surface area contributed by atoms with Crippen molar-refractivity contribution in [3.8, 4) is 17.2 Å². The Morgan fingerprint density at radius 3 is 2.55 bits per heavy atom. The minimum atomic E-state index is -1.72. The summed E-state index contributed by atoms with van der Waals surface area (Å²) in [6.45, 7) is 0. The van der Waals surface area contributed by atoms with Gasteiger partial charge in [-0.25, -0.2) is 4.79 Å². The fourth-order valence-electron chi connectivity index (χ4n) is 2.21. The minimum absolute atomic E-state index is 0.0191. The largest absolute Gasteiger partial charge is 0.508 e. The number of methoxy groups -OCH3 is 1. The van der Waals surface area contributed by atoms with Gasteiger partial charge in [0.05, 0.1) is 7.11 Å². The first kappa shape index (κ1) is 15.7. The Balaban J connectivity index is 2.43. The number of ether oxygens (including phenoxy) is 1. The summed E-state index contributed by atoms with van der Waals surface area (Å²) in [6.07, 6.45) is -1.54. The summed E-state index contributed by atoms with van der Waals surface area (Å²) >= 11 is 0. The van der Waals surface area contributed by atoms with Crippen LogP contribution in [-0.2, 0) is 11.2 Å². The van der Waals surface area contributed by atoms with Crippen molar-refractivity contribution in [2.75, 3.05) is 7.11 Å². The molecule has 0 spiro atoms. The Hall–Kier alpha value is -2.73. The molecule has 0 amide bonds. The molecule has 0 saturated heterocycles. The molecule has 1 atom stereocenters. The lowest BCUT2D eigenvalue weighted by molar-refractivity contribution is -0.147. The molecule has 0 heterocycles. The van der Waals surface area contributed by atoms with Crippen LogP contribution in [0.4, 0.5) is 0 Å². The molecule has 0 radical (unpaired) electrons. The number of carbonyl (C=O) groups is 1. The number of phenols is 2. The second kappa shape index (κ2) is 6.36. The van der Waals surface area contributed by atoms with Gasteiger partial charge in [0.2, 0.25) is 0 Å². The predicted molar refractivity (Wildman–Crippen MR) is 78.2 cm³/mol. The molecule has 6 heteroatoms. The second-order valence-electron chi connectivity index (χ2n) is 4.77. The van der Waals surface area contributed by atoms with E-state index in [1.165, 1.54) is 31.4 Å². The van der Waals surface area contributed by atoms with Gasteiger partial charge in [0, 0.05) is 12.0 Å². The van der Waals surface area contributed by atoms with E-state index in [4.69, 9.17) is 9.84 Å². The summed E-state index contributed by atoms with van der Waals surface area (Å²) in [4.78, 5) is 11.0. The zero-order valence-electron chi connectivity index (χ0n) is 11.9. The summed E-state index contributed by atoms with van der Waals surface area (Å²) in [5.41, 5.74) is 1.12. The Morgan fingerprint density at radius 1 is 1.18 bits per heavy atom. The molecule has 0 aliphatic heterocycles. The summed E-state index contributed by atoms with van der Waals surface area (Å²) in [5.74, 6) is -1.25. The van der Waals surface area contributed by atoms with Crippen molar-refractivity contribution < 1.29 is 30.0 Å². The number of phenolic OH excluding ortho intramolecular Hbond substituents is 2. The molecule has 2 aromatic carbocycles. The molecular weight excluding hydrogens is 288 g/mol. The minimum Gasteiger partial charge on any atom is -0.508 e. The monoisotopic (exact) mass is 304 g/mol. The van der Waals surface area contributed by atoms with E-state index in [1.807, 2.05) is 0 Å². The van der Waals surface area contributed by atoms with Gasteiger partial charge < -0.3 is 25.2 Å². The quantitative estimate of drug-likeness (QED) is 0.671. The second-order valence-corrected chi connectivity index (χ2v) is 4.77. The van der Waals surface area contributed by atoms with Crippen LogP contribution < -0.4 is 4.74 Å². The third kappa shape index (κ3) is 3.12. The van der Waals surface area contributed by atoms with Crippen molar-refractivity contribution in [1.29, 1.82) is 0 Å². The van der Waals surface area contributed by atoms with Gasteiger partial charge in [0.15, 0.2) is 17.6 Å². The Labute approximate surface area is 126 Å². The molecule has 0 aliphatic carbocycles. The van der Waals surface area contributed by atoms with Crippen LogP contribution in [0.3, 0.4) is 0 Å². The van der Waals surface area contributed by atoms with E-state index >= 15 is 0 Å². The van der Waals surface area contributed by atoms with Crippen molar-refractivity contribution in [2.24, 2.45) is 0 Å². The highest BCUT2D eigenvalue weighted by atomic mass is 16.5. The zero-order chi connectivity index (χ0) is 16.3. The highest BCUT2D eigenvalue weighted by Crippen LogP contribution is 2.32. The Morgan fingerprint density at radius 2 is 1.91 bits per heavy atom. The van der Waals surface area contributed by atoms with Crippen LogP contribution in [0, 0.1) is 0 Å². The maximum Gasteiger partial charge on any atom is 0.337 e. The average molecular weight is 304 g/mol. The van der Waals surface area contributed by atoms with Crippen LogP contribution in [0.5, 0.6) is 17.2 Å².